The van der Waals surface area contributed by atoms with Crippen LogP contribution in [0.15, 0.2) is 60.7 Å². The molecular weight excluding hydrogens is 538 g/mol. The van der Waals surface area contributed by atoms with Crippen LogP contribution in [0.5, 0.6) is 0 Å². The zero-order valence-corrected chi connectivity index (χ0v) is 27.0. The lowest BCUT2D eigenvalue weighted by atomic mass is 10.2. The summed E-state index contributed by atoms with van der Waals surface area (Å²) in [5, 5.41) is 2.51. The molecule has 0 aliphatic heterocycles. The Morgan fingerprint density at radius 3 is 1.12 bits per heavy atom. The van der Waals surface area contributed by atoms with E-state index in [1.165, 1.54) is 10.4 Å². The average Bonchev–Trinajstić information content (AvgIpc) is 2.96. The Morgan fingerprint density at radius 2 is 0.805 bits per heavy atom. The molecule has 0 N–H and O–H groups in total. The minimum Gasteiger partial charge on any atom is -0.405 e. The predicted molar refractivity (Wildman–Crippen MR) is 167 cm³/mol. The van der Waals surface area contributed by atoms with Crippen molar-refractivity contribution in [3.8, 4) is 0 Å². The SMILES string of the molecule is CN(C)CCOCCOCCOCCOCCOCCOCCO[Si](c1ccccc1)(c1ccccc1)C(C)(C)C. The molecule has 41 heavy (non-hydrogen) atoms. The fourth-order valence-electron chi connectivity index (χ4n) is 4.46. The third-order valence-corrected chi connectivity index (χ3v) is 11.5. The largest absolute Gasteiger partial charge is 0.405 e. The first-order chi connectivity index (χ1) is 19.9. The zero-order valence-electron chi connectivity index (χ0n) is 26.0. The fraction of sp³-hybridized carbons (Fsp3) is 0.625. The van der Waals surface area contributed by atoms with Crippen molar-refractivity contribution in [3.05, 3.63) is 60.7 Å². The van der Waals surface area contributed by atoms with Gasteiger partial charge < -0.3 is 37.7 Å². The number of nitrogens with zero attached hydrogens (tertiary/aromatic N) is 1. The number of rotatable bonds is 24. The maximum atomic E-state index is 6.83. The van der Waals surface area contributed by atoms with Crippen molar-refractivity contribution in [2.45, 2.75) is 25.8 Å². The van der Waals surface area contributed by atoms with E-state index in [0.29, 0.717) is 79.3 Å². The van der Waals surface area contributed by atoms with Gasteiger partial charge in [-0.3, -0.25) is 0 Å². The molecule has 0 saturated carbocycles. The Kier molecular flexibility index (Phi) is 18.3. The molecule has 2 rings (SSSR count). The van der Waals surface area contributed by atoms with Gasteiger partial charge in [0.1, 0.15) is 0 Å². The molecule has 0 heterocycles. The smallest absolute Gasteiger partial charge is 0.261 e. The lowest BCUT2D eigenvalue weighted by molar-refractivity contribution is -0.0182. The minimum absolute atomic E-state index is 0.0431. The first-order valence-electron chi connectivity index (χ1n) is 14.7. The third kappa shape index (κ3) is 13.9. The van der Waals surface area contributed by atoms with Crippen molar-refractivity contribution >= 4 is 18.7 Å². The summed E-state index contributed by atoms with van der Waals surface area (Å²) in [5.74, 6) is 0. The van der Waals surface area contributed by atoms with E-state index in [2.05, 4.69) is 86.3 Å². The van der Waals surface area contributed by atoms with Crippen LogP contribution in [0.4, 0.5) is 0 Å². The van der Waals surface area contributed by atoms with Crippen molar-refractivity contribution in [1.82, 2.24) is 4.90 Å². The maximum absolute atomic E-state index is 6.83. The van der Waals surface area contributed by atoms with Gasteiger partial charge in [-0.05, 0) is 29.5 Å². The van der Waals surface area contributed by atoms with Gasteiger partial charge in [-0.2, -0.15) is 0 Å². The van der Waals surface area contributed by atoms with Crippen molar-refractivity contribution < 1.29 is 32.8 Å². The lowest BCUT2D eigenvalue weighted by Crippen LogP contribution is -2.66. The normalized spacial score (nSPS) is 12.3. The molecule has 0 bridgehead atoms. The van der Waals surface area contributed by atoms with Crippen LogP contribution in [-0.2, 0) is 32.8 Å². The minimum atomic E-state index is -2.52. The van der Waals surface area contributed by atoms with Crippen LogP contribution >= 0.6 is 0 Å². The highest BCUT2D eigenvalue weighted by Gasteiger charge is 2.49. The van der Waals surface area contributed by atoms with Gasteiger partial charge in [0, 0.05) is 6.54 Å². The Balaban J connectivity index is 1.50. The molecule has 0 fully saturated rings. The highest BCUT2D eigenvalue weighted by molar-refractivity contribution is 6.99. The summed E-state index contributed by atoms with van der Waals surface area (Å²) in [6.07, 6.45) is 0. The van der Waals surface area contributed by atoms with Gasteiger partial charge in [-0.25, -0.2) is 0 Å². The topological polar surface area (TPSA) is 67.9 Å². The van der Waals surface area contributed by atoms with Crippen LogP contribution in [0, 0.1) is 0 Å². The summed E-state index contributed by atoms with van der Waals surface area (Å²) in [4.78, 5) is 2.09. The number of ether oxygens (including phenoxy) is 6. The standard InChI is InChI=1S/C32H53NO7Si/c1-32(2,3)41(30-12-8-6-9-13-30,31-14-10-7-11-15-31)40-29-28-39-27-26-38-25-24-37-23-22-36-21-20-35-19-18-34-17-16-33(4)5/h6-15H,16-29H2,1-5H3. The third-order valence-electron chi connectivity index (χ3n) is 6.51. The van der Waals surface area contributed by atoms with Gasteiger partial charge in [0.2, 0.25) is 0 Å². The summed E-state index contributed by atoms with van der Waals surface area (Å²) < 4.78 is 40.3. The van der Waals surface area contributed by atoms with Gasteiger partial charge in [0.15, 0.2) is 0 Å². The molecule has 0 radical (unpaired) electrons. The highest BCUT2D eigenvalue weighted by Crippen LogP contribution is 2.36. The molecule has 2 aromatic carbocycles. The number of hydrogen-bond donors (Lipinski definition) is 0. The first-order valence-corrected chi connectivity index (χ1v) is 16.6. The van der Waals surface area contributed by atoms with E-state index in [1.807, 2.05) is 14.1 Å². The molecular formula is C32H53NO7Si. The van der Waals surface area contributed by atoms with Crippen LogP contribution in [0.2, 0.25) is 5.04 Å². The van der Waals surface area contributed by atoms with E-state index in [9.17, 15) is 0 Å². The van der Waals surface area contributed by atoms with E-state index in [-0.39, 0.29) is 5.04 Å². The van der Waals surface area contributed by atoms with Gasteiger partial charge in [0.05, 0.1) is 85.9 Å². The Hall–Kier alpha value is -1.66. The molecule has 0 aromatic heterocycles. The molecule has 0 aliphatic rings. The Labute approximate surface area is 249 Å². The summed E-state index contributed by atoms with van der Waals surface area (Å²) in [6, 6.07) is 21.3. The predicted octanol–water partition coefficient (Wildman–Crippen LogP) is 3.22. The second-order valence-corrected chi connectivity index (χ2v) is 15.3. The van der Waals surface area contributed by atoms with Gasteiger partial charge in [-0.15, -0.1) is 0 Å². The van der Waals surface area contributed by atoms with Crippen LogP contribution in [0.25, 0.3) is 0 Å². The Morgan fingerprint density at radius 1 is 0.488 bits per heavy atom. The molecule has 0 unspecified atom stereocenters. The van der Waals surface area contributed by atoms with Crippen molar-refractivity contribution in [2.75, 3.05) is 107 Å². The van der Waals surface area contributed by atoms with E-state index in [1.54, 1.807) is 0 Å². The van der Waals surface area contributed by atoms with E-state index < -0.39 is 8.32 Å². The molecule has 8 nitrogen and oxygen atoms in total. The quantitative estimate of drug-likeness (QED) is 0.136. The molecule has 0 atom stereocenters. The molecule has 0 saturated heterocycles. The number of likely N-dealkylation sites (N-methyl/N-ethyl adjacent to an activating group) is 1. The maximum Gasteiger partial charge on any atom is 0.261 e. The van der Waals surface area contributed by atoms with Gasteiger partial charge in [0.25, 0.3) is 8.32 Å². The summed E-state index contributed by atoms with van der Waals surface area (Å²) in [6.45, 7) is 15.0. The van der Waals surface area contributed by atoms with Crippen LogP contribution < -0.4 is 10.4 Å². The lowest BCUT2D eigenvalue weighted by Gasteiger charge is -2.43. The van der Waals surface area contributed by atoms with Crippen molar-refractivity contribution in [2.24, 2.45) is 0 Å². The van der Waals surface area contributed by atoms with Gasteiger partial charge in [-0.1, -0.05) is 81.4 Å². The average molecular weight is 592 g/mol. The van der Waals surface area contributed by atoms with Crippen molar-refractivity contribution in [3.63, 3.8) is 0 Å². The molecule has 232 valence electrons. The summed E-state index contributed by atoms with van der Waals surface area (Å²) in [7, 11) is 1.54. The van der Waals surface area contributed by atoms with E-state index in [0.717, 1.165) is 13.2 Å². The van der Waals surface area contributed by atoms with Crippen LogP contribution in [0.1, 0.15) is 20.8 Å². The molecule has 0 amide bonds. The van der Waals surface area contributed by atoms with Gasteiger partial charge >= 0.3 is 0 Å². The molecule has 0 spiro atoms. The van der Waals surface area contributed by atoms with E-state index in [4.69, 9.17) is 32.8 Å². The first kappa shape index (κ1) is 35.5. The van der Waals surface area contributed by atoms with E-state index >= 15 is 0 Å². The molecule has 0 aliphatic carbocycles. The number of hydrogen-bond acceptors (Lipinski definition) is 8. The Bertz CT molecular complexity index is 841. The second kappa shape index (κ2) is 21.1. The summed E-state index contributed by atoms with van der Waals surface area (Å²) in [5.41, 5.74) is 0. The molecule has 9 heteroatoms. The number of benzene rings is 2. The van der Waals surface area contributed by atoms with Crippen LogP contribution in [0.3, 0.4) is 0 Å². The monoisotopic (exact) mass is 591 g/mol. The second-order valence-electron chi connectivity index (χ2n) is 11.0. The summed E-state index contributed by atoms with van der Waals surface area (Å²) >= 11 is 0. The zero-order chi connectivity index (χ0) is 29.7. The highest BCUT2D eigenvalue weighted by atomic mass is 28.4. The van der Waals surface area contributed by atoms with Crippen molar-refractivity contribution in [1.29, 1.82) is 0 Å². The van der Waals surface area contributed by atoms with Crippen LogP contribution in [-0.4, -0.2) is 120 Å². The molecule has 2 aromatic rings. The fourth-order valence-corrected chi connectivity index (χ4v) is 9.01.